The second-order valence-corrected chi connectivity index (χ2v) is 3.89. The maximum Gasteiger partial charge on any atom is 0.266 e. The van der Waals surface area contributed by atoms with E-state index in [2.05, 4.69) is 15.0 Å². The van der Waals surface area contributed by atoms with E-state index >= 15 is 0 Å². The quantitative estimate of drug-likeness (QED) is 0.736. The highest BCUT2D eigenvalue weighted by atomic mass is 16.5. The van der Waals surface area contributed by atoms with Crippen molar-refractivity contribution in [1.82, 2.24) is 10.1 Å². The van der Waals surface area contributed by atoms with E-state index in [1.54, 1.807) is 6.92 Å². The summed E-state index contributed by atoms with van der Waals surface area (Å²) in [5.41, 5.74) is 5.69. The Morgan fingerprint density at radius 1 is 1.47 bits per heavy atom. The van der Waals surface area contributed by atoms with Crippen LogP contribution in [0.2, 0.25) is 0 Å². The molecule has 2 rings (SSSR count). The van der Waals surface area contributed by atoms with Crippen LogP contribution in [0, 0.1) is 0 Å². The maximum atomic E-state index is 9.28. The van der Waals surface area contributed by atoms with Gasteiger partial charge in [0.15, 0.2) is 0 Å². The van der Waals surface area contributed by atoms with Crippen LogP contribution in [0.5, 0.6) is 0 Å². The Balaban J connectivity index is 2.09. The van der Waals surface area contributed by atoms with E-state index in [-0.39, 0.29) is 0 Å². The van der Waals surface area contributed by atoms with Gasteiger partial charge in [0.25, 0.3) is 5.95 Å². The van der Waals surface area contributed by atoms with Gasteiger partial charge in [-0.2, -0.15) is 4.98 Å². The number of nitrogens with zero attached hydrogens (tertiary/aromatic N) is 3. The van der Waals surface area contributed by atoms with Gasteiger partial charge in [-0.3, -0.25) is 0 Å². The van der Waals surface area contributed by atoms with Crippen LogP contribution >= 0.6 is 0 Å². The van der Waals surface area contributed by atoms with E-state index in [0.29, 0.717) is 11.8 Å². The molecule has 1 aliphatic rings. The summed E-state index contributed by atoms with van der Waals surface area (Å²) in [7, 11) is 0. The van der Waals surface area contributed by atoms with Crippen molar-refractivity contribution in [3.05, 3.63) is 5.89 Å². The van der Waals surface area contributed by atoms with E-state index in [1.165, 1.54) is 0 Å². The Kier molecular flexibility index (Phi) is 2.88. The predicted molar refractivity (Wildman–Crippen MR) is 54.4 cm³/mol. The number of anilines is 1. The molecule has 6 nitrogen and oxygen atoms in total. The van der Waals surface area contributed by atoms with Crippen molar-refractivity contribution in [2.45, 2.75) is 31.9 Å². The molecule has 6 heteroatoms. The minimum Gasteiger partial charge on any atom is -0.391 e. The zero-order valence-corrected chi connectivity index (χ0v) is 8.76. The molecule has 1 aromatic rings. The van der Waals surface area contributed by atoms with Crippen LogP contribution < -0.4 is 10.6 Å². The lowest BCUT2D eigenvalue weighted by atomic mass is 10.2. The molecule has 0 amide bonds. The van der Waals surface area contributed by atoms with Gasteiger partial charge in [-0.1, -0.05) is 0 Å². The molecule has 0 radical (unpaired) electrons. The SMILES string of the molecule is C[C@@H](O)[C@H](N)c1nc(N2CCCC2)no1. The first-order valence-corrected chi connectivity index (χ1v) is 5.20. The summed E-state index contributed by atoms with van der Waals surface area (Å²) >= 11 is 0. The lowest BCUT2D eigenvalue weighted by Crippen LogP contribution is -2.24. The van der Waals surface area contributed by atoms with Crippen LogP contribution in [0.1, 0.15) is 31.7 Å². The van der Waals surface area contributed by atoms with Crippen molar-refractivity contribution in [3.63, 3.8) is 0 Å². The molecule has 0 saturated carbocycles. The highest BCUT2D eigenvalue weighted by molar-refractivity contribution is 5.29. The van der Waals surface area contributed by atoms with Crippen molar-refractivity contribution < 1.29 is 9.63 Å². The molecule has 0 bridgehead atoms. The van der Waals surface area contributed by atoms with Crippen molar-refractivity contribution in [2.75, 3.05) is 18.0 Å². The topological polar surface area (TPSA) is 88.4 Å². The highest BCUT2D eigenvalue weighted by Gasteiger charge is 2.23. The Labute approximate surface area is 88.1 Å². The molecular formula is C9H16N4O2. The zero-order valence-electron chi connectivity index (χ0n) is 8.76. The molecule has 1 fully saturated rings. The molecular weight excluding hydrogens is 196 g/mol. The van der Waals surface area contributed by atoms with Crippen molar-refractivity contribution in [2.24, 2.45) is 5.73 Å². The molecule has 0 aliphatic carbocycles. The van der Waals surface area contributed by atoms with Crippen molar-refractivity contribution in [1.29, 1.82) is 0 Å². The number of nitrogens with two attached hydrogens (primary N) is 1. The summed E-state index contributed by atoms with van der Waals surface area (Å²) < 4.78 is 5.01. The summed E-state index contributed by atoms with van der Waals surface area (Å²) in [6.07, 6.45) is 1.63. The minimum atomic E-state index is -0.683. The molecule has 0 unspecified atom stereocenters. The Morgan fingerprint density at radius 3 is 2.73 bits per heavy atom. The first-order valence-electron chi connectivity index (χ1n) is 5.20. The average molecular weight is 212 g/mol. The summed E-state index contributed by atoms with van der Waals surface area (Å²) in [4.78, 5) is 6.23. The summed E-state index contributed by atoms with van der Waals surface area (Å²) in [5, 5.41) is 13.1. The minimum absolute atomic E-state index is 0.298. The van der Waals surface area contributed by atoms with Crippen LogP contribution in [-0.2, 0) is 0 Å². The van der Waals surface area contributed by atoms with Gasteiger partial charge >= 0.3 is 0 Å². The predicted octanol–water partition coefficient (Wildman–Crippen LogP) is 0.0504. The van der Waals surface area contributed by atoms with E-state index in [0.717, 1.165) is 25.9 Å². The molecule has 15 heavy (non-hydrogen) atoms. The average Bonchev–Trinajstić information content (AvgIpc) is 2.86. The van der Waals surface area contributed by atoms with Gasteiger partial charge in [0.2, 0.25) is 5.89 Å². The molecule has 1 saturated heterocycles. The van der Waals surface area contributed by atoms with Gasteiger partial charge in [-0.15, -0.1) is 0 Å². The normalized spacial score (nSPS) is 20.6. The third-order valence-electron chi connectivity index (χ3n) is 2.62. The largest absolute Gasteiger partial charge is 0.391 e. The first kappa shape index (κ1) is 10.4. The van der Waals surface area contributed by atoms with Crippen LogP contribution in [0.3, 0.4) is 0 Å². The molecule has 3 N–H and O–H groups in total. The Morgan fingerprint density at radius 2 is 2.13 bits per heavy atom. The van der Waals surface area contributed by atoms with Gasteiger partial charge in [0.05, 0.1) is 6.10 Å². The number of rotatable bonds is 3. The molecule has 0 aromatic carbocycles. The van der Waals surface area contributed by atoms with Gasteiger partial charge in [0.1, 0.15) is 6.04 Å². The lowest BCUT2D eigenvalue weighted by Gasteiger charge is -2.11. The van der Waals surface area contributed by atoms with E-state index in [4.69, 9.17) is 10.3 Å². The van der Waals surface area contributed by atoms with E-state index in [9.17, 15) is 5.11 Å². The van der Waals surface area contributed by atoms with Crippen LogP contribution in [-0.4, -0.2) is 34.4 Å². The zero-order chi connectivity index (χ0) is 10.8. The van der Waals surface area contributed by atoms with Gasteiger partial charge in [-0.25, -0.2) is 0 Å². The Hall–Kier alpha value is -1.14. The fourth-order valence-electron chi connectivity index (χ4n) is 1.61. The molecule has 0 spiro atoms. The Bertz CT molecular complexity index is 303. The van der Waals surface area contributed by atoms with Gasteiger partial charge in [-0.05, 0) is 24.9 Å². The van der Waals surface area contributed by atoms with Crippen molar-refractivity contribution >= 4 is 5.95 Å². The third kappa shape index (κ3) is 2.10. The smallest absolute Gasteiger partial charge is 0.266 e. The van der Waals surface area contributed by atoms with Crippen molar-refractivity contribution in [3.8, 4) is 0 Å². The summed E-state index contributed by atoms with van der Waals surface area (Å²) in [6.45, 7) is 3.52. The fourth-order valence-corrected chi connectivity index (χ4v) is 1.61. The number of hydrogen-bond acceptors (Lipinski definition) is 6. The number of hydrogen-bond donors (Lipinski definition) is 2. The number of aliphatic hydroxyl groups is 1. The monoisotopic (exact) mass is 212 g/mol. The standard InChI is InChI=1S/C9H16N4O2/c1-6(14)7(10)8-11-9(12-15-8)13-4-2-3-5-13/h6-7,14H,2-5,10H2,1H3/t6-,7+/m1/s1. The van der Waals surface area contributed by atoms with Crippen LogP contribution in [0.25, 0.3) is 0 Å². The number of aliphatic hydroxyl groups excluding tert-OH is 1. The second kappa shape index (κ2) is 4.16. The lowest BCUT2D eigenvalue weighted by molar-refractivity contribution is 0.146. The number of aromatic nitrogens is 2. The van der Waals surface area contributed by atoms with E-state index in [1.807, 2.05) is 0 Å². The van der Waals surface area contributed by atoms with Crippen LogP contribution in [0.15, 0.2) is 4.52 Å². The van der Waals surface area contributed by atoms with Crippen LogP contribution in [0.4, 0.5) is 5.95 Å². The third-order valence-corrected chi connectivity index (χ3v) is 2.62. The maximum absolute atomic E-state index is 9.28. The molecule has 1 aliphatic heterocycles. The second-order valence-electron chi connectivity index (χ2n) is 3.89. The molecule has 2 heterocycles. The molecule has 1 aromatic heterocycles. The highest BCUT2D eigenvalue weighted by Crippen LogP contribution is 2.19. The fraction of sp³-hybridized carbons (Fsp3) is 0.778. The summed E-state index contributed by atoms with van der Waals surface area (Å²) in [6, 6.07) is -0.603. The molecule has 2 atom stereocenters. The first-order chi connectivity index (χ1) is 7.18. The van der Waals surface area contributed by atoms with Gasteiger partial charge < -0.3 is 20.3 Å². The molecule has 84 valence electrons. The summed E-state index contributed by atoms with van der Waals surface area (Å²) in [5.74, 6) is 0.880. The van der Waals surface area contributed by atoms with Gasteiger partial charge in [0, 0.05) is 13.1 Å². The van der Waals surface area contributed by atoms with E-state index < -0.39 is 12.1 Å².